The van der Waals surface area contributed by atoms with Gasteiger partial charge in [-0.15, -0.1) is 35.3 Å². The smallest absolute Gasteiger partial charge is 0.357 e. The van der Waals surface area contributed by atoms with Gasteiger partial charge < -0.3 is 15.5 Å². The van der Waals surface area contributed by atoms with E-state index in [1.54, 1.807) is 0 Å². The van der Waals surface area contributed by atoms with Crippen molar-refractivity contribution in [3.63, 3.8) is 0 Å². The fraction of sp³-hybridized carbons (Fsp3) is 0.750. The fourth-order valence-electron chi connectivity index (χ4n) is 2.75. The number of hydrogen-bond donors (Lipinski definition) is 2. The number of nitrogens with zero attached hydrogens (tertiary/aromatic N) is 3. The Kier molecular flexibility index (Phi) is 10.2. The van der Waals surface area contributed by atoms with E-state index >= 15 is 0 Å². The summed E-state index contributed by atoms with van der Waals surface area (Å²) < 4.78 is 37.7. The minimum atomic E-state index is -4.39. The van der Waals surface area contributed by atoms with E-state index in [0.717, 1.165) is 48.7 Å². The van der Waals surface area contributed by atoms with E-state index in [1.165, 1.54) is 12.8 Å². The number of aromatic nitrogens is 1. The summed E-state index contributed by atoms with van der Waals surface area (Å²) in [6.07, 6.45) is -0.889. The lowest BCUT2D eigenvalue weighted by Gasteiger charge is -2.29. The van der Waals surface area contributed by atoms with Gasteiger partial charge in [0.1, 0.15) is 5.01 Å². The molecule has 0 bridgehead atoms. The zero-order valence-electron chi connectivity index (χ0n) is 15.1. The van der Waals surface area contributed by atoms with Gasteiger partial charge in [0.05, 0.1) is 6.54 Å². The molecular formula is C16H27F3IN5S. The number of piperidine rings is 1. The van der Waals surface area contributed by atoms with Crippen LogP contribution in [0.4, 0.5) is 13.2 Å². The van der Waals surface area contributed by atoms with Crippen LogP contribution in [-0.4, -0.2) is 49.1 Å². The maximum Gasteiger partial charge on any atom is 0.434 e. The van der Waals surface area contributed by atoms with Crippen LogP contribution in [0.15, 0.2) is 10.4 Å². The molecule has 0 unspecified atom stereocenters. The molecule has 1 aliphatic heterocycles. The average molecular weight is 505 g/mol. The van der Waals surface area contributed by atoms with E-state index in [0.29, 0.717) is 17.5 Å². The van der Waals surface area contributed by atoms with Gasteiger partial charge in [-0.1, -0.05) is 0 Å². The highest BCUT2D eigenvalue weighted by Crippen LogP contribution is 2.30. The van der Waals surface area contributed by atoms with Crippen molar-refractivity contribution in [3.05, 3.63) is 16.1 Å². The highest BCUT2D eigenvalue weighted by molar-refractivity contribution is 14.0. The van der Waals surface area contributed by atoms with Gasteiger partial charge >= 0.3 is 6.18 Å². The van der Waals surface area contributed by atoms with Crippen LogP contribution in [0.25, 0.3) is 0 Å². The second-order valence-corrected chi connectivity index (χ2v) is 7.22. The third kappa shape index (κ3) is 7.95. The van der Waals surface area contributed by atoms with Gasteiger partial charge in [-0.25, -0.2) is 9.98 Å². The quantitative estimate of drug-likeness (QED) is 0.353. The summed E-state index contributed by atoms with van der Waals surface area (Å²) in [5.41, 5.74) is -0.845. The molecule has 2 N–H and O–H groups in total. The number of aliphatic imine (C=N–C) groups is 1. The molecule has 1 aromatic heterocycles. The molecule has 0 amide bonds. The molecule has 2 heterocycles. The predicted octanol–water partition coefficient (Wildman–Crippen LogP) is 3.57. The Morgan fingerprint density at radius 2 is 2.04 bits per heavy atom. The van der Waals surface area contributed by atoms with Crippen molar-refractivity contribution in [2.24, 2.45) is 10.9 Å². The first kappa shape index (κ1) is 23.4. The van der Waals surface area contributed by atoms with Gasteiger partial charge in [0, 0.05) is 18.5 Å². The van der Waals surface area contributed by atoms with Crippen molar-refractivity contribution in [3.8, 4) is 0 Å². The van der Waals surface area contributed by atoms with Crippen molar-refractivity contribution >= 4 is 41.3 Å². The van der Waals surface area contributed by atoms with Crippen molar-refractivity contribution in [2.45, 2.75) is 38.9 Å². The van der Waals surface area contributed by atoms with Crippen LogP contribution < -0.4 is 10.6 Å². The van der Waals surface area contributed by atoms with Gasteiger partial charge in [0.2, 0.25) is 0 Å². The summed E-state index contributed by atoms with van der Waals surface area (Å²) in [5, 5.41) is 7.78. The average Bonchev–Trinajstić information content (AvgIpc) is 3.04. The summed E-state index contributed by atoms with van der Waals surface area (Å²) in [6, 6.07) is 0. The zero-order valence-corrected chi connectivity index (χ0v) is 18.3. The second-order valence-electron chi connectivity index (χ2n) is 6.28. The molecule has 0 spiro atoms. The molecule has 0 aliphatic carbocycles. The Hall–Kier alpha value is -0.620. The third-order valence-corrected chi connectivity index (χ3v) is 5.08. The Balaban J connectivity index is 0.00000338. The first-order valence-electron chi connectivity index (χ1n) is 8.60. The fourth-order valence-corrected chi connectivity index (χ4v) is 3.47. The van der Waals surface area contributed by atoms with Crippen molar-refractivity contribution in [2.75, 3.05) is 33.2 Å². The molecular weight excluding hydrogens is 478 g/mol. The van der Waals surface area contributed by atoms with E-state index in [-0.39, 0.29) is 30.5 Å². The number of rotatable bonds is 6. The molecule has 5 nitrogen and oxygen atoms in total. The maximum atomic E-state index is 12.6. The predicted molar refractivity (Wildman–Crippen MR) is 110 cm³/mol. The van der Waals surface area contributed by atoms with Crippen LogP contribution in [0.1, 0.15) is 36.9 Å². The summed E-state index contributed by atoms with van der Waals surface area (Å²) in [7, 11) is 2.15. The maximum absolute atomic E-state index is 12.6. The minimum Gasteiger partial charge on any atom is -0.357 e. The monoisotopic (exact) mass is 505 g/mol. The van der Waals surface area contributed by atoms with Crippen molar-refractivity contribution in [1.82, 2.24) is 20.5 Å². The molecule has 1 aliphatic rings. The van der Waals surface area contributed by atoms with Gasteiger partial charge in [-0.05, 0) is 52.2 Å². The number of nitrogens with one attached hydrogen (secondary N) is 2. The molecule has 1 fully saturated rings. The number of likely N-dealkylation sites (tertiary alicyclic amines) is 1. The molecule has 1 aromatic rings. The lowest BCUT2D eigenvalue weighted by molar-refractivity contribution is -0.140. The van der Waals surface area contributed by atoms with Crippen LogP contribution in [0, 0.1) is 5.92 Å². The van der Waals surface area contributed by atoms with E-state index in [9.17, 15) is 13.2 Å². The van der Waals surface area contributed by atoms with Gasteiger partial charge in [0.25, 0.3) is 0 Å². The molecule has 0 aromatic carbocycles. The molecule has 0 radical (unpaired) electrons. The Morgan fingerprint density at radius 1 is 1.35 bits per heavy atom. The normalized spacial score (nSPS) is 17.0. The van der Waals surface area contributed by atoms with Crippen LogP contribution >= 0.6 is 35.3 Å². The molecule has 10 heteroatoms. The number of thiazole rings is 1. The van der Waals surface area contributed by atoms with Crippen LogP contribution in [0.3, 0.4) is 0 Å². The van der Waals surface area contributed by atoms with Gasteiger partial charge in [-0.2, -0.15) is 13.2 Å². The Bertz CT molecular complexity index is 556. The number of guanidine groups is 1. The minimum absolute atomic E-state index is 0. The molecule has 2 rings (SSSR count). The van der Waals surface area contributed by atoms with Gasteiger partial charge in [-0.3, -0.25) is 0 Å². The topological polar surface area (TPSA) is 52.6 Å². The van der Waals surface area contributed by atoms with E-state index in [2.05, 4.69) is 32.6 Å². The third-order valence-electron chi connectivity index (χ3n) is 4.24. The number of halogens is 4. The molecule has 0 atom stereocenters. The highest BCUT2D eigenvalue weighted by Gasteiger charge is 2.33. The molecule has 26 heavy (non-hydrogen) atoms. The standard InChI is InChI=1S/C16H26F3N5S.HI/c1-3-20-15(21-7-4-12-5-8-24(2)9-6-12)22-10-14-23-13(11-25-14)16(17,18)19;/h11-12H,3-10H2,1-2H3,(H2,20,21,22);1H. The van der Waals surface area contributed by atoms with Crippen molar-refractivity contribution in [1.29, 1.82) is 0 Å². The number of hydrogen-bond acceptors (Lipinski definition) is 4. The van der Waals surface area contributed by atoms with Crippen LogP contribution in [-0.2, 0) is 12.7 Å². The van der Waals surface area contributed by atoms with Crippen LogP contribution in [0.5, 0.6) is 0 Å². The SMILES string of the molecule is CCNC(=NCc1nc(C(F)(F)F)cs1)NCCC1CCN(C)CC1.I. The first-order chi connectivity index (χ1) is 11.9. The zero-order chi connectivity index (χ0) is 18.3. The number of alkyl halides is 3. The van der Waals surface area contributed by atoms with Gasteiger partial charge in [0.15, 0.2) is 11.7 Å². The molecule has 150 valence electrons. The Morgan fingerprint density at radius 3 is 2.62 bits per heavy atom. The van der Waals surface area contributed by atoms with E-state index < -0.39 is 11.9 Å². The summed E-state index contributed by atoms with van der Waals surface area (Å²) in [6.45, 7) is 5.90. The Labute approximate surface area is 173 Å². The molecule has 0 saturated carbocycles. The first-order valence-corrected chi connectivity index (χ1v) is 9.48. The summed E-state index contributed by atoms with van der Waals surface area (Å²) in [5.74, 6) is 1.35. The van der Waals surface area contributed by atoms with Crippen molar-refractivity contribution < 1.29 is 13.2 Å². The van der Waals surface area contributed by atoms with Crippen LogP contribution in [0.2, 0.25) is 0 Å². The second kappa shape index (κ2) is 11.3. The molecule has 1 saturated heterocycles. The lowest BCUT2D eigenvalue weighted by Crippen LogP contribution is -2.39. The largest absolute Gasteiger partial charge is 0.434 e. The van der Waals surface area contributed by atoms with E-state index in [1.807, 2.05) is 6.92 Å². The lowest BCUT2D eigenvalue weighted by atomic mass is 9.94. The van der Waals surface area contributed by atoms with E-state index in [4.69, 9.17) is 0 Å². The highest BCUT2D eigenvalue weighted by atomic mass is 127. The summed E-state index contributed by atoms with van der Waals surface area (Å²) >= 11 is 0.985. The summed E-state index contributed by atoms with van der Waals surface area (Å²) in [4.78, 5) is 10.3.